The summed E-state index contributed by atoms with van der Waals surface area (Å²) in [5, 5.41) is 9.10. The Hall–Kier alpha value is -1.84. The van der Waals surface area contributed by atoms with Gasteiger partial charge in [0.1, 0.15) is 0 Å². The number of carboxylic acid groups (broad SMARTS) is 1. The minimum absolute atomic E-state index is 0.309. The molecule has 4 nitrogen and oxygen atoms in total. The zero-order chi connectivity index (χ0) is 11.5. The minimum atomic E-state index is -0.910. The van der Waals surface area contributed by atoms with E-state index < -0.39 is 5.97 Å². The second kappa shape index (κ2) is 4.35. The molecule has 0 bridgehead atoms. The van der Waals surface area contributed by atoms with E-state index in [0.29, 0.717) is 23.8 Å². The Morgan fingerprint density at radius 2 is 2.44 bits per heavy atom. The molecule has 0 atom stereocenters. The third-order valence-corrected chi connectivity index (χ3v) is 2.65. The van der Waals surface area contributed by atoms with E-state index in [1.54, 1.807) is 12.3 Å². The largest absolute Gasteiger partial charge is 0.478 e. The van der Waals surface area contributed by atoms with Crippen LogP contribution in [0.1, 0.15) is 23.2 Å². The highest BCUT2D eigenvalue weighted by atomic mass is 16.4. The number of carbonyl (C=O) groups is 1. The van der Waals surface area contributed by atoms with E-state index in [0.717, 1.165) is 12.8 Å². The van der Waals surface area contributed by atoms with Gasteiger partial charge >= 0.3 is 5.97 Å². The molecule has 1 aromatic rings. The molecule has 1 heterocycles. The van der Waals surface area contributed by atoms with Crippen LogP contribution in [-0.2, 0) is 0 Å². The molecule has 1 aliphatic rings. The Bertz CT molecular complexity index is 413. The third-order valence-electron chi connectivity index (χ3n) is 2.65. The molecule has 1 aromatic heterocycles. The molecule has 0 amide bonds. The molecule has 2 rings (SSSR count). The van der Waals surface area contributed by atoms with Crippen LogP contribution in [-0.4, -0.2) is 28.6 Å². The highest BCUT2D eigenvalue weighted by Crippen LogP contribution is 2.32. The van der Waals surface area contributed by atoms with Crippen LogP contribution in [0, 0.1) is 0 Å². The maximum absolute atomic E-state index is 11.1. The average Bonchev–Trinajstić information content (AvgIpc) is 3.10. The summed E-state index contributed by atoms with van der Waals surface area (Å²) in [5.41, 5.74) is 1.00. The summed E-state index contributed by atoms with van der Waals surface area (Å²) in [4.78, 5) is 17.2. The first-order chi connectivity index (χ1) is 7.74. The van der Waals surface area contributed by atoms with Gasteiger partial charge in [-0.3, -0.25) is 4.98 Å². The van der Waals surface area contributed by atoms with Gasteiger partial charge in [0.2, 0.25) is 0 Å². The van der Waals surface area contributed by atoms with Gasteiger partial charge in [0.15, 0.2) is 0 Å². The van der Waals surface area contributed by atoms with E-state index in [9.17, 15) is 4.79 Å². The van der Waals surface area contributed by atoms with Crippen molar-refractivity contribution in [2.75, 3.05) is 11.4 Å². The van der Waals surface area contributed by atoms with Crippen molar-refractivity contribution in [3.63, 3.8) is 0 Å². The zero-order valence-electron chi connectivity index (χ0n) is 8.97. The Morgan fingerprint density at radius 3 is 3.00 bits per heavy atom. The lowest BCUT2D eigenvalue weighted by Crippen LogP contribution is -2.27. The van der Waals surface area contributed by atoms with Gasteiger partial charge in [-0.1, -0.05) is 6.08 Å². The smallest absolute Gasteiger partial charge is 0.337 e. The summed E-state index contributed by atoms with van der Waals surface area (Å²) < 4.78 is 0. The molecule has 1 fully saturated rings. The van der Waals surface area contributed by atoms with Gasteiger partial charge in [0.25, 0.3) is 0 Å². The first kappa shape index (κ1) is 10.7. The van der Waals surface area contributed by atoms with Gasteiger partial charge in [-0.05, 0) is 18.9 Å². The predicted molar refractivity (Wildman–Crippen MR) is 61.8 cm³/mol. The first-order valence-corrected chi connectivity index (χ1v) is 5.29. The number of aromatic nitrogens is 1. The van der Waals surface area contributed by atoms with Crippen LogP contribution in [0.2, 0.25) is 0 Å². The van der Waals surface area contributed by atoms with Crippen molar-refractivity contribution in [2.45, 2.75) is 18.9 Å². The number of carboxylic acids is 1. The average molecular weight is 218 g/mol. The van der Waals surface area contributed by atoms with Crippen LogP contribution in [0.15, 0.2) is 31.1 Å². The van der Waals surface area contributed by atoms with Gasteiger partial charge in [-0.25, -0.2) is 4.79 Å². The molecule has 0 aromatic carbocycles. The highest BCUT2D eigenvalue weighted by Gasteiger charge is 2.30. The molecular weight excluding hydrogens is 204 g/mol. The SMILES string of the molecule is C=CCN(c1cnccc1C(=O)O)C1CC1. The fourth-order valence-corrected chi connectivity index (χ4v) is 1.77. The molecule has 1 saturated carbocycles. The van der Waals surface area contributed by atoms with Crippen molar-refractivity contribution in [1.82, 2.24) is 4.98 Å². The summed E-state index contributed by atoms with van der Waals surface area (Å²) in [6, 6.07) is 1.98. The monoisotopic (exact) mass is 218 g/mol. The van der Waals surface area contributed by atoms with Crippen LogP contribution in [0.25, 0.3) is 0 Å². The van der Waals surface area contributed by atoms with E-state index >= 15 is 0 Å². The molecule has 84 valence electrons. The fraction of sp³-hybridized carbons (Fsp3) is 0.333. The Balaban J connectivity index is 2.35. The molecule has 16 heavy (non-hydrogen) atoms. The van der Waals surface area contributed by atoms with E-state index in [4.69, 9.17) is 5.11 Å². The lowest BCUT2D eigenvalue weighted by atomic mass is 10.2. The standard InChI is InChI=1S/C12H14N2O2/c1-2-7-14(9-3-4-9)11-8-13-6-5-10(11)12(15)16/h2,5-6,8-9H,1,3-4,7H2,(H,15,16). The summed E-state index contributed by atoms with van der Waals surface area (Å²) in [5.74, 6) is -0.910. The maximum atomic E-state index is 11.1. The number of hydrogen-bond acceptors (Lipinski definition) is 3. The third kappa shape index (κ3) is 2.05. The Labute approximate surface area is 94.2 Å². The predicted octanol–water partition coefficient (Wildman–Crippen LogP) is 1.93. The number of aromatic carboxylic acids is 1. The molecule has 1 aliphatic carbocycles. The zero-order valence-corrected chi connectivity index (χ0v) is 8.97. The van der Waals surface area contributed by atoms with Crippen molar-refractivity contribution in [3.05, 3.63) is 36.7 Å². The molecule has 4 heteroatoms. The van der Waals surface area contributed by atoms with E-state index in [1.165, 1.54) is 12.3 Å². The second-order valence-electron chi connectivity index (χ2n) is 3.87. The van der Waals surface area contributed by atoms with Gasteiger partial charge in [0, 0.05) is 18.8 Å². The lowest BCUT2D eigenvalue weighted by molar-refractivity contribution is 0.0697. The Kier molecular flexibility index (Phi) is 2.90. The van der Waals surface area contributed by atoms with Crippen molar-refractivity contribution < 1.29 is 9.90 Å². The van der Waals surface area contributed by atoms with E-state index in [2.05, 4.69) is 16.5 Å². The van der Waals surface area contributed by atoms with Crippen LogP contribution in [0.3, 0.4) is 0 Å². The summed E-state index contributed by atoms with van der Waals surface area (Å²) in [6.45, 7) is 4.36. The topological polar surface area (TPSA) is 53.4 Å². The van der Waals surface area contributed by atoms with Gasteiger partial charge in [-0.15, -0.1) is 6.58 Å². The van der Waals surface area contributed by atoms with Crippen LogP contribution in [0.5, 0.6) is 0 Å². The quantitative estimate of drug-likeness (QED) is 0.767. The number of hydrogen-bond donors (Lipinski definition) is 1. The van der Waals surface area contributed by atoms with Crippen LogP contribution < -0.4 is 4.90 Å². The van der Waals surface area contributed by atoms with E-state index in [-0.39, 0.29) is 0 Å². The van der Waals surface area contributed by atoms with E-state index in [1.807, 2.05) is 0 Å². The fourth-order valence-electron chi connectivity index (χ4n) is 1.77. The molecule has 0 aliphatic heterocycles. The Morgan fingerprint density at radius 1 is 1.69 bits per heavy atom. The molecule has 0 unspecified atom stereocenters. The van der Waals surface area contributed by atoms with Crippen molar-refractivity contribution in [2.24, 2.45) is 0 Å². The van der Waals surface area contributed by atoms with Crippen molar-refractivity contribution >= 4 is 11.7 Å². The number of pyridine rings is 1. The molecular formula is C12H14N2O2. The second-order valence-corrected chi connectivity index (χ2v) is 3.87. The molecule has 0 radical (unpaired) electrons. The van der Waals surface area contributed by atoms with Crippen LogP contribution >= 0.6 is 0 Å². The normalized spacial score (nSPS) is 14.5. The number of nitrogens with zero attached hydrogens (tertiary/aromatic N) is 2. The van der Waals surface area contributed by atoms with Crippen molar-refractivity contribution in [3.8, 4) is 0 Å². The molecule has 1 N–H and O–H groups in total. The minimum Gasteiger partial charge on any atom is -0.478 e. The summed E-state index contributed by atoms with van der Waals surface area (Å²) >= 11 is 0. The first-order valence-electron chi connectivity index (χ1n) is 5.29. The lowest BCUT2D eigenvalue weighted by Gasteiger charge is -2.24. The van der Waals surface area contributed by atoms with Gasteiger partial charge in [0.05, 0.1) is 17.4 Å². The number of rotatable bonds is 5. The van der Waals surface area contributed by atoms with Gasteiger partial charge in [-0.2, -0.15) is 0 Å². The van der Waals surface area contributed by atoms with Crippen molar-refractivity contribution in [1.29, 1.82) is 0 Å². The molecule has 0 saturated heterocycles. The maximum Gasteiger partial charge on any atom is 0.337 e. The highest BCUT2D eigenvalue weighted by molar-refractivity contribution is 5.94. The summed E-state index contributed by atoms with van der Waals surface area (Å²) in [7, 11) is 0. The number of anilines is 1. The summed E-state index contributed by atoms with van der Waals surface area (Å²) in [6.07, 6.45) is 7.14. The molecule has 0 spiro atoms. The van der Waals surface area contributed by atoms with Gasteiger partial charge < -0.3 is 10.0 Å². The van der Waals surface area contributed by atoms with Crippen LogP contribution in [0.4, 0.5) is 5.69 Å².